The number of esters is 3. The van der Waals surface area contributed by atoms with Crippen LogP contribution in [0.4, 0.5) is 5.69 Å². The number of benzene rings is 1. The second kappa shape index (κ2) is 11.5. The zero-order chi connectivity index (χ0) is 23.7. The fraction of sp³-hybridized carbons (Fsp3) is 0.522. The van der Waals surface area contributed by atoms with Crippen molar-refractivity contribution in [1.82, 2.24) is 4.90 Å². The smallest absolute Gasteiger partial charge is 0.350 e. The highest BCUT2D eigenvalue weighted by Gasteiger charge is 2.39. The van der Waals surface area contributed by atoms with Crippen LogP contribution in [-0.4, -0.2) is 61.4 Å². The van der Waals surface area contributed by atoms with Gasteiger partial charge in [-0.05, 0) is 37.7 Å². The topological polar surface area (TPSA) is 103 Å². The third-order valence-corrected chi connectivity index (χ3v) is 4.70. The highest BCUT2D eigenvalue weighted by Crippen LogP contribution is 2.28. The van der Waals surface area contributed by atoms with Crippen LogP contribution in [0.3, 0.4) is 0 Å². The maximum absolute atomic E-state index is 12.5. The van der Waals surface area contributed by atoms with Gasteiger partial charge in [-0.2, -0.15) is 0 Å². The number of carbonyl (C=O) groups excluding carboxylic acids is 3. The second-order valence-corrected chi connectivity index (χ2v) is 7.60. The van der Waals surface area contributed by atoms with Gasteiger partial charge in [-0.3, -0.25) is 0 Å². The summed E-state index contributed by atoms with van der Waals surface area (Å²) in [5.74, 6) is -2.95. The Balaban J connectivity index is 2.17. The summed E-state index contributed by atoms with van der Waals surface area (Å²) in [6.07, 6.45) is 1.97. The van der Waals surface area contributed by atoms with Crippen LogP contribution < -0.4 is 10.1 Å². The molecule has 0 atom stereocenters. The molecule has 1 fully saturated rings. The molecule has 0 amide bonds. The van der Waals surface area contributed by atoms with Crippen LogP contribution in [0.1, 0.15) is 51.4 Å². The predicted octanol–water partition coefficient (Wildman–Crippen LogP) is 3.11. The summed E-state index contributed by atoms with van der Waals surface area (Å²) in [5.41, 5.74) is 0.414. The molecule has 1 aromatic carbocycles. The van der Waals surface area contributed by atoms with Crippen LogP contribution in [0.15, 0.2) is 30.0 Å². The molecule has 32 heavy (non-hydrogen) atoms. The lowest BCUT2D eigenvalue weighted by Gasteiger charge is -2.29. The number of likely N-dealkylation sites (N-methyl/N-ethyl adjacent to an activating group) is 1. The van der Waals surface area contributed by atoms with Crippen LogP contribution in [0.25, 0.3) is 0 Å². The first-order valence-corrected chi connectivity index (χ1v) is 10.8. The minimum Gasteiger partial charge on any atom is -0.491 e. The summed E-state index contributed by atoms with van der Waals surface area (Å²) in [6.45, 7) is 12.1. The first-order valence-electron chi connectivity index (χ1n) is 10.8. The molecule has 0 radical (unpaired) electrons. The van der Waals surface area contributed by atoms with E-state index in [4.69, 9.17) is 18.9 Å². The minimum atomic E-state index is -1.32. The molecule has 9 heteroatoms. The third-order valence-electron chi connectivity index (χ3n) is 4.70. The van der Waals surface area contributed by atoms with E-state index < -0.39 is 23.7 Å². The molecule has 1 saturated heterocycles. The van der Waals surface area contributed by atoms with Gasteiger partial charge < -0.3 is 29.2 Å². The molecule has 0 bridgehead atoms. The van der Waals surface area contributed by atoms with Crippen LogP contribution in [0.2, 0.25) is 0 Å². The van der Waals surface area contributed by atoms with Crippen molar-refractivity contribution in [3.63, 3.8) is 0 Å². The van der Waals surface area contributed by atoms with Gasteiger partial charge in [0.1, 0.15) is 12.4 Å². The fourth-order valence-electron chi connectivity index (χ4n) is 2.93. The summed E-state index contributed by atoms with van der Waals surface area (Å²) in [6, 6.07) is 4.79. The quantitative estimate of drug-likeness (QED) is 0.311. The van der Waals surface area contributed by atoms with Gasteiger partial charge in [-0.25, -0.2) is 14.4 Å². The van der Waals surface area contributed by atoms with E-state index in [0.717, 1.165) is 19.5 Å². The summed E-state index contributed by atoms with van der Waals surface area (Å²) in [7, 11) is 0. The summed E-state index contributed by atoms with van der Waals surface area (Å²) >= 11 is 0. The van der Waals surface area contributed by atoms with Crippen molar-refractivity contribution < 1.29 is 33.3 Å². The average Bonchev–Trinajstić information content (AvgIpc) is 2.74. The SMILES string of the molecule is CCCOc1ccc(C(=O)OCCN(CC)CC)cc1NC=C1C(=O)OC(C)(C)OC1=O. The van der Waals surface area contributed by atoms with Crippen molar-refractivity contribution in [2.24, 2.45) is 0 Å². The van der Waals surface area contributed by atoms with Gasteiger partial charge in [-0.15, -0.1) is 0 Å². The highest BCUT2D eigenvalue weighted by molar-refractivity contribution is 6.15. The van der Waals surface area contributed by atoms with Gasteiger partial charge in [0.15, 0.2) is 5.57 Å². The van der Waals surface area contributed by atoms with E-state index in [0.29, 0.717) is 30.2 Å². The zero-order valence-corrected chi connectivity index (χ0v) is 19.4. The van der Waals surface area contributed by atoms with E-state index in [1.54, 1.807) is 18.2 Å². The summed E-state index contributed by atoms with van der Waals surface area (Å²) in [4.78, 5) is 39.0. The molecule has 0 aromatic heterocycles. The summed E-state index contributed by atoms with van der Waals surface area (Å²) < 4.78 is 21.3. The number of carbonyl (C=O) groups is 3. The number of hydrogen-bond acceptors (Lipinski definition) is 9. The van der Waals surface area contributed by atoms with Crippen molar-refractivity contribution in [2.45, 2.75) is 46.8 Å². The predicted molar refractivity (Wildman–Crippen MR) is 118 cm³/mol. The van der Waals surface area contributed by atoms with Gasteiger partial charge in [0.05, 0.1) is 17.9 Å². The lowest BCUT2D eigenvalue weighted by molar-refractivity contribution is -0.222. The minimum absolute atomic E-state index is 0.273. The Morgan fingerprint density at radius 1 is 1.09 bits per heavy atom. The maximum Gasteiger partial charge on any atom is 0.350 e. The van der Waals surface area contributed by atoms with Crippen molar-refractivity contribution in [3.05, 3.63) is 35.5 Å². The normalized spacial score (nSPS) is 15.1. The molecular weight excluding hydrogens is 416 g/mol. The van der Waals surface area contributed by atoms with Crippen molar-refractivity contribution in [1.29, 1.82) is 0 Å². The summed E-state index contributed by atoms with van der Waals surface area (Å²) in [5, 5.41) is 2.86. The van der Waals surface area contributed by atoms with Gasteiger partial charge in [-0.1, -0.05) is 20.8 Å². The number of anilines is 1. The van der Waals surface area contributed by atoms with Crippen molar-refractivity contribution in [3.8, 4) is 5.75 Å². The molecule has 1 N–H and O–H groups in total. The Morgan fingerprint density at radius 2 is 1.75 bits per heavy atom. The molecule has 2 rings (SSSR count). The van der Waals surface area contributed by atoms with Gasteiger partial charge in [0, 0.05) is 26.6 Å². The maximum atomic E-state index is 12.5. The van der Waals surface area contributed by atoms with E-state index in [2.05, 4.69) is 10.2 Å². The van der Waals surface area contributed by atoms with Crippen molar-refractivity contribution >= 4 is 23.6 Å². The van der Waals surface area contributed by atoms with Crippen LogP contribution in [0, 0.1) is 0 Å². The molecule has 1 aliphatic rings. The molecule has 1 aromatic rings. The number of rotatable bonds is 11. The third kappa shape index (κ3) is 6.98. The van der Waals surface area contributed by atoms with Crippen LogP contribution in [0.5, 0.6) is 5.75 Å². The van der Waals surface area contributed by atoms with Gasteiger partial charge in [0.25, 0.3) is 5.79 Å². The number of ether oxygens (including phenoxy) is 4. The Labute approximate surface area is 188 Å². The molecule has 9 nitrogen and oxygen atoms in total. The average molecular weight is 449 g/mol. The molecular formula is C23H32N2O7. The van der Waals surface area contributed by atoms with E-state index in [1.165, 1.54) is 20.0 Å². The molecule has 0 spiro atoms. The van der Waals surface area contributed by atoms with E-state index in [9.17, 15) is 14.4 Å². The molecule has 0 aliphatic carbocycles. The van der Waals surface area contributed by atoms with E-state index >= 15 is 0 Å². The zero-order valence-electron chi connectivity index (χ0n) is 19.4. The number of nitrogens with zero attached hydrogens (tertiary/aromatic N) is 1. The lowest BCUT2D eigenvalue weighted by atomic mass is 10.1. The van der Waals surface area contributed by atoms with E-state index in [1.807, 2.05) is 20.8 Å². The monoisotopic (exact) mass is 448 g/mol. The Hall–Kier alpha value is -3.07. The largest absolute Gasteiger partial charge is 0.491 e. The second-order valence-electron chi connectivity index (χ2n) is 7.60. The molecule has 1 heterocycles. The first kappa shape index (κ1) is 25.2. The number of cyclic esters (lactones) is 2. The molecule has 0 unspecified atom stereocenters. The van der Waals surface area contributed by atoms with Crippen LogP contribution in [-0.2, 0) is 23.8 Å². The Morgan fingerprint density at radius 3 is 2.34 bits per heavy atom. The first-order chi connectivity index (χ1) is 15.2. The van der Waals surface area contributed by atoms with Gasteiger partial charge >= 0.3 is 17.9 Å². The molecule has 1 aliphatic heterocycles. The molecule has 0 saturated carbocycles. The Bertz CT molecular complexity index is 838. The lowest BCUT2D eigenvalue weighted by Crippen LogP contribution is -2.42. The number of hydrogen-bond donors (Lipinski definition) is 1. The number of nitrogens with one attached hydrogen (secondary N) is 1. The van der Waals surface area contributed by atoms with Gasteiger partial charge in [0.2, 0.25) is 0 Å². The van der Waals surface area contributed by atoms with E-state index in [-0.39, 0.29) is 12.2 Å². The fourth-order valence-corrected chi connectivity index (χ4v) is 2.93. The van der Waals surface area contributed by atoms with Crippen molar-refractivity contribution in [2.75, 3.05) is 38.2 Å². The van der Waals surface area contributed by atoms with Crippen LogP contribution >= 0.6 is 0 Å². The highest BCUT2D eigenvalue weighted by atomic mass is 16.7. The standard InChI is InChI=1S/C23H32N2O7/c1-6-12-29-19-10-9-16(20(26)30-13-11-25(7-2)8-3)14-18(19)24-15-17-21(27)31-23(4,5)32-22(17)28/h9-10,14-15,24H,6-8,11-13H2,1-5H3. The Kier molecular flexibility index (Phi) is 9.07. The molecule has 176 valence electrons.